The van der Waals surface area contributed by atoms with Crippen LogP contribution in [0.1, 0.15) is 19.2 Å². The van der Waals surface area contributed by atoms with Gasteiger partial charge in [0.05, 0.1) is 6.54 Å². The summed E-state index contributed by atoms with van der Waals surface area (Å²) < 4.78 is 64.2. The lowest BCUT2D eigenvalue weighted by molar-refractivity contribution is -0.286. The number of nitrogen functional groups attached to an aromatic ring is 1. The van der Waals surface area contributed by atoms with Gasteiger partial charge < -0.3 is 15.2 Å². The largest absolute Gasteiger partial charge is 0.586 e. The van der Waals surface area contributed by atoms with Gasteiger partial charge in [-0.1, -0.05) is 0 Å². The third-order valence-corrected chi connectivity index (χ3v) is 5.15. The van der Waals surface area contributed by atoms with Crippen LogP contribution in [0, 0.1) is 0 Å². The maximum atomic E-state index is 13.6. The minimum atomic E-state index is -3.79. The molecule has 1 unspecified atom stereocenters. The van der Waals surface area contributed by atoms with Crippen molar-refractivity contribution in [2.45, 2.75) is 38.0 Å². The molecule has 29 heavy (non-hydrogen) atoms. The fraction of sp³-hybridized carbons (Fsp3) is 0.471. The van der Waals surface area contributed by atoms with Crippen LogP contribution in [-0.4, -0.2) is 55.8 Å². The number of nitrogens with zero attached hydrogens (tertiary/aromatic N) is 5. The van der Waals surface area contributed by atoms with E-state index < -0.39 is 12.2 Å². The number of nitrogens with two attached hydrogens (primary N) is 1. The van der Waals surface area contributed by atoms with Crippen molar-refractivity contribution < 1.29 is 27.0 Å². The van der Waals surface area contributed by atoms with Crippen molar-refractivity contribution >= 4 is 22.5 Å². The van der Waals surface area contributed by atoms with Crippen LogP contribution in [0.5, 0.6) is 11.5 Å². The van der Waals surface area contributed by atoms with Crippen molar-refractivity contribution in [3.8, 4) is 11.5 Å². The first-order valence-electron chi connectivity index (χ1n) is 8.97. The van der Waals surface area contributed by atoms with Crippen molar-refractivity contribution in [2.75, 3.05) is 18.8 Å². The smallest absolute Gasteiger partial charge is 0.395 e. The lowest BCUT2D eigenvalue weighted by Gasteiger charge is -2.18. The SMILES string of the molecule is CC1CC(F)(F)CN1CCc1nc2c3ccc4c(c3nc(N)n2n1)OC(F)(F)O4. The van der Waals surface area contributed by atoms with Gasteiger partial charge in [0.1, 0.15) is 5.52 Å². The number of hydrogen-bond acceptors (Lipinski definition) is 7. The molecule has 3 aromatic rings. The topological polar surface area (TPSA) is 90.8 Å². The molecule has 2 aliphatic rings. The molecule has 1 fully saturated rings. The highest BCUT2D eigenvalue weighted by atomic mass is 19.3. The van der Waals surface area contributed by atoms with Crippen molar-refractivity contribution in [2.24, 2.45) is 0 Å². The highest BCUT2D eigenvalue weighted by Gasteiger charge is 2.45. The highest BCUT2D eigenvalue weighted by molar-refractivity contribution is 5.97. The molecule has 4 heterocycles. The molecule has 1 atom stereocenters. The first-order valence-corrected chi connectivity index (χ1v) is 8.97. The number of hydrogen-bond donors (Lipinski definition) is 1. The molecule has 0 saturated carbocycles. The maximum Gasteiger partial charge on any atom is 0.586 e. The molecule has 2 aromatic heterocycles. The molecule has 8 nitrogen and oxygen atoms in total. The predicted octanol–water partition coefficient (Wildman–Crippen LogP) is 2.45. The van der Waals surface area contributed by atoms with Crippen LogP contribution in [0.15, 0.2) is 12.1 Å². The molecular formula is C17H16F4N6O2. The molecule has 1 aromatic carbocycles. The summed E-state index contributed by atoms with van der Waals surface area (Å²) in [6.07, 6.45) is -3.64. The number of likely N-dealkylation sites (tertiary alicyclic amines) is 1. The maximum absolute atomic E-state index is 13.6. The van der Waals surface area contributed by atoms with Gasteiger partial charge in [0, 0.05) is 30.8 Å². The Morgan fingerprint density at radius 2 is 2.00 bits per heavy atom. The lowest BCUT2D eigenvalue weighted by Crippen LogP contribution is -2.31. The second kappa shape index (κ2) is 5.81. The lowest BCUT2D eigenvalue weighted by atomic mass is 10.2. The number of aromatic nitrogens is 4. The van der Waals surface area contributed by atoms with Crippen LogP contribution in [0.2, 0.25) is 0 Å². The summed E-state index contributed by atoms with van der Waals surface area (Å²) in [7, 11) is 0. The van der Waals surface area contributed by atoms with Crippen LogP contribution < -0.4 is 15.2 Å². The second-order valence-electron chi connectivity index (χ2n) is 7.32. The van der Waals surface area contributed by atoms with Gasteiger partial charge in [-0.15, -0.1) is 13.9 Å². The zero-order valence-electron chi connectivity index (χ0n) is 15.2. The monoisotopic (exact) mass is 412 g/mol. The van der Waals surface area contributed by atoms with Gasteiger partial charge in [0.15, 0.2) is 23.0 Å². The molecule has 2 aliphatic heterocycles. The molecule has 154 valence electrons. The third kappa shape index (κ3) is 2.98. The first-order chi connectivity index (χ1) is 13.6. The van der Waals surface area contributed by atoms with E-state index in [1.54, 1.807) is 11.8 Å². The van der Waals surface area contributed by atoms with E-state index >= 15 is 0 Å². The van der Waals surface area contributed by atoms with Crippen LogP contribution in [0.3, 0.4) is 0 Å². The number of benzene rings is 1. The number of alkyl halides is 4. The van der Waals surface area contributed by atoms with E-state index in [2.05, 4.69) is 24.5 Å². The average Bonchev–Trinajstić information content (AvgIpc) is 3.25. The number of fused-ring (bicyclic) bond motifs is 5. The number of anilines is 1. The zero-order valence-corrected chi connectivity index (χ0v) is 15.2. The summed E-state index contributed by atoms with van der Waals surface area (Å²) in [5.74, 6) is -2.75. The highest BCUT2D eigenvalue weighted by Crippen LogP contribution is 2.45. The van der Waals surface area contributed by atoms with Gasteiger partial charge in [0.2, 0.25) is 5.95 Å². The molecule has 12 heteroatoms. The summed E-state index contributed by atoms with van der Waals surface area (Å²) in [6.45, 7) is 1.81. The summed E-state index contributed by atoms with van der Waals surface area (Å²) >= 11 is 0. The number of rotatable bonds is 3. The minimum Gasteiger partial charge on any atom is -0.395 e. The molecule has 0 spiro atoms. The van der Waals surface area contributed by atoms with Gasteiger partial charge in [-0.05, 0) is 19.1 Å². The Labute approximate surface area is 161 Å². The fourth-order valence-corrected chi connectivity index (χ4v) is 3.87. The normalized spacial score (nSPS) is 22.7. The molecule has 5 rings (SSSR count). The summed E-state index contributed by atoms with van der Waals surface area (Å²) in [5.41, 5.74) is 6.32. The number of ether oxygens (including phenoxy) is 2. The van der Waals surface area contributed by atoms with Crippen molar-refractivity contribution in [3.05, 3.63) is 18.0 Å². The van der Waals surface area contributed by atoms with Crippen LogP contribution in [-0.2, 0) is 6.42 Å². The van der Waals surface area contributed by atoms with Gasteiger partial charge in [-0.3, -0.25) is 4.90 Å². The fourth-order valence-electron chi connectivity index (χ4n) is 3.87. The summed E-state index contributed by atoms with van der Waals surface area (Å²) in [4.78, 5) is 10.2. The van der Waals surface area contributed by atoms with E-state index in [0.29, 0.717) is 29.8 Å². The zero-order chi connectivity index (χ0) is 20.6. The van der Waals surface area contributed by atoms with Crippen LogP contribution in [0.4, 0.5) is 23.5 Å². The summed E-state index contributed by atoms with van der Waals surface area (Å²) in [6, 6.07) is 2.61. The van der Waals surface area contributed by atoms with Gasteiger partial charge in [0.25, 0.3) is 5.92 Å². The Hall–Kier alpha value is -2.89. The molecule has 2 N–H and O–H groups in total. The van der Waals surface area contributed by atoms with Gasteiger partial charge >= 0.3 is 6.29 Å². The molecule has 0 radical (unpaired) electrons. The van der Waals surface area contributed by atoms with Gasteiger partial charge in [-0.2, -0.15) is 4.52 Å². The Balaban J connectivity index is 1.49. The van der Waals surface area contributed by atoms with Gasteiger partial charge in [-0.25, -0.2) is 18.7 Å². The Bertz CT molecular complexity index is 1130. The Kier molecular flexibility index (Phi) is 3.64. The predicted molar refractivity (Wildman–Crippen MR) is 93.2 cm³/mol. The molecular weight excluding hydrogens is 396 g/mol. The summed E-state index contributed by atoms with van der Waals surface area (Å²) in [5, 5.41) is 4.69. The molecule has 0 amide bonds. The van der Waals surface area contributed by atoms with E-state index in [-0.39, 0.29) is 42.0 Å². The van der Waals surface area contributed by atoms with E-state index in [9.17, 15) is 17.6 Å². The third-order valence-electron chi connectivity index (χ3n) is 5.15. The standard InChI is InChI=1S/C17H16F4N6O2/c1-8-6-16(18,19)7-26(8)5-4-11-23-14-9-2-3-10-13(29-17(20,21)28-10)12(9)24-15(22)27(14)25-11/h2-3,8H,4-7H2,1H3,(H2,22,24). The quantitative estimate of drug-likeness (QED) is 0.661. The number of halogens is 4. The van der Waals surface area contributed by atoms with E-state index in [4.69, 9.17) is 5.73 Å². The van der Waals surface area contributed by atoms with Crippen molar-refractivity contribution in [1.29, 1.82) is 0 Å². The molecule has 0 bridgehead atoms. The molecule has 1 saturated heterocycles. The van der Waals surface area contributed by atoms with Crippen LogP contribution >= 0.6 is 0 Å². The van der Waals surface area contributed by atoms with E-state index in [1.165, 1.54) is 16.6 Å². The van der Waals surface area contributed by atoms with Crippen molar-refractivity contribution in [1.82, 2.24) is 24.5 Å². The van der Waals surface area contributed by atoms with E-state index in [0.717, 1.165) is 0 Å². The van der Waals surface area contributed by atoms with Crippen LogP contribution in [0.25, 0.3) is 16.6 Å². The van der Waals surface area contributed by atoms with Crippen molar-refractivity contribution in [3.63, 3.8) is 0 Å². The van der Waals surface area contributed by atoms with E-state index in [1.807, 2.05) is 0 Å². The Morgan fingerprint density at radius 3 is 2.72 bits per heavy atom. The average molecular weight is 412 g/mol. The first kappa shape index (κ1) is 18.2. The molecule has 0 aliphatic carbocycles. The minimum absolute atomic E-state index is 0.0699. The Morgan fingerprint density at radius 1 is 1.21 bits per heavy atom. The second-order valence-corrected chi connectivity index (χ2v) is 7.32.